The molecule has 0 N–H and O–H groups in total. The lowest BCUT2D eigenvalue weighted by molar-refractivity contribution is -0.152. The monoisotopic (exact) mass is 256 g/mol. The number of carbonyl (C=O) groups excluding carboxylic acids is 1. The van der Waals surface area contributed by atoms with Crippen molar-refractivity contribution in [3.63, 3.8) is 0 Å². The molecular weight excluding hydrogens is 240 g/mol. The molecule has 0 aliphatic carbocycles. The van der Waals surface area contributed by atoms with E-state index in [1.165, 1.54) is 7.11 Å². The van der Waals surface area contributed by atoms with Crippen molar-refractivity contribution in [2.24, 2.45) is 0 Å². The lowest BCUT2D eigenvalue weighted by Gasteiger charge is -2.38. The van der Waals surface area contributed by atoms with E-state index >= 15 is 0 Å². The second-order valence-electron chi connectivity index (χ2n) is 4.83. The molecule has 0 bridgehead atoms. The van der Waals surface area contributed by atoms with Crippen LogP contribution in [0.3, 0.4) is 0 Å². The molecule has 4 nitrogen and oxygen atoms in total. The van der Waals surface area contributed by atoms with Crippen LogP contribution < -0.4 is 0 Å². The molecule has 0 radical (unpaired) electrons. The van der Waals surface area contributed by atoms with Gasteiger partial charge in [0.1, 0.15) is 6.04 Å². The number of hydrogen-bond acceptors (Lipinski definition) is 4. The van der Waals surface area contributed by atoms with Crippen molar-refractivity contribution in [1.29, 1.82) is 0 Å². The van der Waals surface area contributed by atoms with Crippen molar-refractivity contribution >= 4 is 16.9 Å². The van der Waals surface area contributed by atoms with Crippen molar-refractivity contribution < 1.29 is 9.53 Å². The average molecular weight is 256 g/mol. The van der Waals surface area contributed by atoms with Crippen LogP contribution in [0, 0.1) is 0 Å². The number of likely N-dealkylation sites (tertiary alicyclic amines) is 1. The zero-order chi connectivity index (χ0) is 13.2. The molecule has 1 aromatic carbocycles. The summed E-state index contributed by atoms with van der Waals surface area (Å²) in [4.78, 5) is 18.1. The highest BCUT2D eigenvalue weighted by Crippen LogP contribution is 2.22. The Hall–Kier alpha value is -1.94. The van der Waals surface area contributed by atoms with Gasteiger partial charge in [-0.05, 0) is 24.1 Å². The summed E-state index contributed by atoms with van der Waals surface area (Å²) in [5.74, 6) is -0.139. The van der Waals surface area contributed by atoms with E-state index in [2.05, 4.69) is 22.0 Å². The maximum absolute atomic E-state index is 11.5. The fourth-order valence-corrected chi connectivity index (χ4v) is 2.47. The number of ether oxygens (including phenoxy) is 1. The van der Waals surface area contributed by atoms with E-state index in [9.17, 15) is 4.79 Å². The molecule has 1 saturated heterocycles. The number of rotatable bonds is 3. The van der Waals surface area contributed by atoms with E-state index in [1.807, 2.05) is 24.4 Å². The first-order valence-corrected chi connectivity index (χ1v) is 6.43. The largest absolute Gasteiger partial charge is 0.468 e. The highest BCUT2D eigenvalue weighted by atomic mass is 16.5. The third-order valence-electron chi connectivity index (χ3n) is 3.64. The molecule has 1 fully saturated rings. The Balaban J connectivity index is 1.76. The van der Waals surface area contributed by atoms with Gasteiger partial charge in [-0.25, -0.2) is 0 Å². The van der Waals surface area contributed by atoms with Gasteiger partial charge >= 0.3 is 5.97 Å². The summed E-state index contributed by atoms with van der Waals surface area (Å²) in [7, 11) is 1.44. The Bertz CT molecular complexity index is 612. The first kappa shape index (κ1) is 12.1. The minimum Gasteiger partial charge on any atom is -0.468 e. The molecular formula is C15H16N2O2. The smallest absolute Gasteiger partial charge is 0.323 e. The van der Waals surface area contributed by atoms with Crippen LogP contribution in [0.25, 0.3) is 10.9 Å². The maximum atomic E-state index is 11.5. The molecule has 98 valence electrons. The third-order valence-corrected chi connectivity index (χ3v) is 3.64. The van der Waals surface area contributed by atoms with Crippen LogP contribution in [0.15, 0.2) is 36.5 Å². The van der Waals surface area contributed by atoms with Gasteiger partial charge in [0, 0.05) is 24.7 Å². The molecule has 1 unspecified atom stereocenters. The number of hydrogen-bond donors (Lipinski definition) is 0. The van der Waals surface area contributed by atoms with Gasteiger partial charge in [-0.15, -0.1) is 0 Å². The maximum Gasteiger partial charge on any atom is 0.323 e. The van der Waals surface area contributed by atoms with Gasteiger partial charge in [-0.1, -0.05) is 18.2 Å². The van der Waals surface area contributed by atoms with Crippen LogP contribution in [-0.4, -0.2) is 35.5 Å². The quantitative estimate of drug-likeness (QED) is 0.788. The van der Waals surface area contributed by atoms with Crippen LogP contribution in [0.2, 0.25) is 0 Å². The zero-order valence-electron chi connectivity index (χ0n) is 10.9. The number of para-hydroxylation sites is 1. The summed E-state index contributed by atoms with van der Waals surface area (Å²) in [6.07, 6.45) is 2.77. The second kappa shape index (κ2) is 4.97. The number of methoxy groups -OCH3 is 1. The Morgan fingerprint density at radius 3 is 3.05 bits per heavy atom. The number of carbonyl (C=O) groups is 1. The number of aromatic nitrogens is 1. The Labute approximate surface area is 112 Å². The van der Waals surface area contributed by atoms with Gasteiger partial charge in [-0.3, -0.25) is 14.7 Å². The van der Waals surface area contributed by atoms with E-state index in [4.69, 9.17) is 4.74 Å². The first-order valence-electron chi connectivity index (χ1n) is 6.43. The molecule has 2 aromatic rings. The van der Waals surface area contributed by atoms with Gasteiger partial charge in [0.15, 0.2) is 0 Å². The van der Waals surface area contributed by atoms with Gasteiger partial charge in [-0.2, -0.15) is 0 Å². The Kier molecular flexibility index (Phi) is 3.17. The molecule has 19 heavy (non-hydrogen) atoms. The number of benzene rings is 1. The van der Waals surface area contributed by atoms with Crippen molar-refractivity contribution in [1.82, 2.24) is 9.88 Å². The average Bonchev–Trinajstić information content (AvgIpc) is 2.43. The summed E-state index contributed by atoms with van der Waals surface area (Å²) < 4.78 is 4.80. The van der Waals surface area contributed by atoms with Gasteiger partial charge in [0.05, 0.1) is 12.6 Å². The van der Waals surface area contributed by atoms with Crippen LogP contribution >= 0.6 is 0 Å². The Morgan fingerprint density at radius 1 is 1.47 bits per heavy atom. The molecule has 1 aliphatic rings. The standard InChI is InChI=1S/C15H16N2O2/c1-19-15(18)14-6-7-17(14)10-11-8-12-4-2-3-5-13(12)16-9-11/h2-5,8-9,14H,6-7,10H2,1H3. The third kappa shape index (κ3) is 2.31. The minimum atomic E-state index is -0.139. The van der Waals surface area contributed by atoms with Crippen molar-refractivity contribution in [3.05, 3.63) is 42.1 Å². The molecule has 4 heteroatoms. The second-order valence-corrected chi connectivity index (χ2v) is 4.83. The first-order chi connectivity index (χ1) is 9.28. The van der Waals surface area contributed by atoms with Crippen molar-refractivity contribution in [2.45, 2.75) is 19.0 Å². The van der Waals surface area contributed by atoms with Crippen LogP contribution in [0.5, 0.6) is 0 Å². The van der Waals surface area contributed by atoms with Gasteiger partial charge in [0.25, 0.3) is 0 Å². The number of pyridine rings is 1. The molecule has 2 heterocycles. The summed E-state index contributed by atoms with van der Waals surface area (Å²) >= 11 is 0. The Morgan fingerprint density at radius 2 is 2.32 bits per heavy atom. The SMILES string of the molecule is COC(=O)C1CCN1Cc1cnc2ccccc2c1. The lowest BCUT2D eigenvalue weighted by atomic mass is 10.0. The van der Waals surface area contributed by atoms with E-state index in [0.29, 0.717) is 0 Å². The van der Waals surface area contributed by atoms with Crippen LogP contribution in [0.4, 0.5) is 0 Å². The molecule has 0 spiro atoms. The topological polar surface area (TPSA) is 42.4 Å². The summed E-state index contributed by atoms with van der Waals surface area (Å²) in [5, 5.41) is 1.13. The van der Waals surface area contributed by atoms with Crippen molar-refractivity contribution in [2.75, 3.05) is 13.7 Å². The summed E-state index contributed by atoms with van der Waals surface area (Å²) in [5.41, 5.74) is 2.13. The predicted molar refractivity (Wildman–Crippen MR) is 72.6 cm³/mol. The van der Waals surface area contributed by atoms with Gasteiger partial charge < -0.3 is 4.74 Å². The fourth-order valence-electron chi connectivity index (χ4n) is 2.47. The van der Waals surface area contributed by atoms with E-state index in [1.54, 1.807) is 0 Å². The zero-order valence-corrected chi connectivity index (χ0v) is 10.9. The highest BCUT2D eigenvalue weighted by molar-refractivity contribution is 5.79. The molecule has 0 amide bonds. The highest BCUT2D eigenvalue weighted by Gasteiger charge is 2.34. The molecule has 0 saturated carbocycles. The minimum absolute atomic E-state index is 0.0866. The molecule has 1 aromatic heterocycles. The van der Waals surface area contributed by atoms with E-state index < -0.39 is 0 Å². The predicted octanol–water partition coefficient (Wildman–Crippen LogP) is 1.98. The van der Waals surface area contributed by atoms with Crippen molar-refractivity contribution in [3.8, 4) is 0 Å². The van der Waals surface area contributed by atoms with Crippen LogP contribution in [-0.2, 0) is 16.1 Å². The normalized spacial score (nSPS) is 19.1. The molecule has 1 aliphatic heterocycles. The van der Waals surface area contributed by atoms with Gasteiger partial charge in [0.2, 0.25) is 0 Å². The molecule has 3 rings (SSSR count). The number of esters is 1. The lowest BCUT2D eigenvalue weighted by Crippen LogP contribution is -2.52. The number of nitrogens with zero attached hydrogens (tertiary/aromatic N) is 2. The molecule has 1 atom stereocenters. The number of fused-ring (bicyclic) bond motifs is 1. The summed E-state index contributed by atoms with van der Waals surface area (Å²) in [6, 6.07) is 10.1. The van der Waals surface area contributed by atoms with E-state index in [0.717, 1.165) is 36.0 Å². The van der Waals surface area contributed by atoms with E-state index in [-0.39, 0.29) is 12.0 Å². The fraction of sp³-hybridized carbons (Fsp3) is 0.333. The van der Waals surface area contributed by atoms with Crippen LogP contribution in [0.1, 0.15) is 12.0 Å². The summed E-state index contributed by atoms with van der Waals surface area (Å²) in [6.45, 7) is 1.68.